The number of para-hydroxylation sites is 2. The lowest BCUT2D eigenvalue weighted by molar-refractivity contribution is 0.0950. The maximum absolute atomic E-state index is 12.6. The van der Waals surface area contributed by atoms with Gasteiger partial charge in [0.05, 0.1) is 17.7 Å². The van der Waals surface area contributed by atoms with Crippen LogP contribution in [-0.4, -0.2) is 41.1 Å². The molecule has 7 nitrogen and oxygen atoms in total. The largest absolute Gasteiger partial charge is 0.495 e. The van der Waals surface area contributed by atoms with Crippen molar-refractivity contribution in [3.8, 4) is 5.75 Å². The van der Waals surface area contributed by atoms with Crippen molar-refractivity contribution in [3.63, 3.8) is 0 Å². The average molecular weight is 377 g/mol. The number of carbonyl (C=O) groups excluding carboxylic acids is 1. The maximum Gasteiger partial charge on any atom is 0.262 e. The minimum absolute atomic E-state index is 0.00211. The molecule has 0 saturated heterocycles. The predicted octanol–water partition coefficient (Wildman–Crippen LogP) is 1.83. The third-order valence-electron chi connectivity index (χ3n) is 3.82. The van der Waals surface area contributed by atoms with Crippen molar-refractivity contribution >= 4 is 21.6 Å². The molecule has 0 aromatic heterocycles. The number of nitrogens with one attached hydrogen (secondary N) is 3. The van der Waals surface area contributed by atoms with Crippen LogP contribution in [0.15, 0.2) is 53.4 Å². The molecule has 26 heavy (non-hydrogen) atoms. The van der Waals surface area contributed by atoms with E-state index in [1.807, 2.05) is 6.92 Å². The summed E-state index contributed by atoms with van der Waals surface area (Å²) in [5, 5.41) is 5.77. The summed E-state index contributed by atoms with van der Waals surface area (Å²) in [4.78, 5) is 12.2. The highest BCUT2D eigenvalue weighted by Crippen LogP contribution is 2.26. The van der Waals surface area contributed by atoms with E-state index in [0.717, 1.165) is 0 Å². The van der Waals surface area contributed by atoms with Crippen LogP contribution in [0.2, 0.25) is 0 Å². The molecule has 8 heteroatoms. The van der Waals surface area contributed by atoms with Gasteiger partial charge in [-0.3, -0.25) is 9.52 Å². The quantitative estimate of drug-likeness (QED) is 0.652. The first-order valence-electron chi connectivity index (χ1n) is 8.08. The van der Waals surface area contributed by atoms with Crippen LogP contribution in [0, 0.1) is 0 Å². The molecule has 0 spiro atoms. The van der Waals surface area contributed by atoms with Gasteiger partial charge in [-0.2, -0.15) is 0 Å². The summed E-state index contributed by atoms with van der Waals surface area (Å²) in [5.41, 5.74) is 0.601. The van der Waals surface area contributed by atoms with E-state index in [0.29, 0.717) is 18.0 Å². The minimum Gasteiger partial charge on any atom is -0.495 e. The standard InChI is InChI=1S/C18H23N3O4S/c1-13(19-2)12-20-18(22)14-7-6-8-15(11-14)26(23,24)21-16-9-4-5-10-17(16)25-3/h4-11,13,19,21H,12H2,1-3H3,(H,20,22). The van der Waals surface area contributed by atoms with Crippen LogP contribution in [0.4, 0.5) is 5.69 Å². The minimum atomic E-state index is -3.86. The molecule has 2 aromatic rings. The number of benzene rings is 2. The zero-order chi connectivity index (χ0) is 19.2. The molecular formula is C18H23N3O4S. The van der Waals surface area contributed by atoms with Gasteiger partial charge in [0.1, 0.15) is 5.75 Å². The fraction of sp³-hybridized carbons (Fsp3) is 0.278. The van der Waals surface area contributed by atoms with Crippen molar-refractivity contribution in [1.82, 2.24) is 10.6 Å². The SMILES string of the molecule is CNC(C)CNC(=O)c1cccc(S(=O)(=O)Nc2ccccc2OC)c1. The molecule has 140 valence electrons. The Balaban J connectivity index is 2.21. The highest BCUT2D eigenvalue weighted by atomic mass is 32.2. The third-order valence-corrected chi connectivity index (χ3v) is 5.18. The van der Waals surface area contributed by atoms with Crippen molar-refractivity contribution in [2.45, 2.75) is 17.9 Å². The Kier molecular flexibility index (Phi) is 6.59. The molecular weight excluding hydrogens is 354 g/mol. The Bertz CT molecular complexity index is 868. The number of amides is 1. The fourth-order valence-electron chi connectivity index (χ4n) is 2.19. The molecule has 0 heterocycles. The van der Waals surface area contributed by atoms with Crippen LogP contribution in [-0.2, 0) is 10.0 Å². The summed E-state index contributed by atoms with van der Waals surface area (Å²) in [5.74, 6) is 0.0764. The van der Waals surface area contributed by atoms with E-state index in [-0.39, 0.29) is 22.4 Å². The summed E-state index contributed by atoms with van der Waals surface area (Å²) in [6.45, 7) is 2.37. The van der Waals surface area contributed by atoms with Gasteiger partial charge in [-0.1, -0.05) is 18.2 Å². The molecule has 1 atom stereocenters. The second-order valence-electron chi connectivity index (χ2n) is 5.73. The van der Waals surface area contributed by atoms with Crippen LogP contribution < -0.4 is 20.1 Å². The van der Waals surface area contributed by atoms with Crippen molar-refractivity contribution in [2.24, 2.45) is 0 Å². The number of methoxy groups -OCH3 is 1. The van der Waals surface area contributed by atoms with Crippen molar-refractivity contribution in [2.75, 3.05) is 25.4 Å². The topological polar surface area (TPSA) is 96.5 Å². The molecule has 0 bridgehead atoms. The third kappa shape index (κ3) is 4.96. The Morgan fingerprint density at radius 3 is 2.58 bits per heavy atom. The highest BCUT2D eigenvalue weighted by molar-refractivity contribution is 7.92. The molecule has 0 aliphatic rings. The summed E-state index contributed by atoms with van der Waals surface area (Å²) in [6, 6.07) is 12.7. The average Bonchev–Trinajstić information content (AvgIpc) is 2.66. The van der Waals surface area contributed by atoms with E-state index in [1.165, 1.54) is 25.3 Å². The lowest BCUT2D eigenvalue weighted by atomic mass is 10.2. The van der Waals surface area contributed by atoms with E-state index in [9.17, 15) is 13.2 Å². The lowest BCUT2D eigenvalue weighted by Gasteiger charge is -2.13. The van der Waals surface area contributed by atoms with Crippen molar-refractivity contribution < 1.29 is 17.9 Å². The summed E-state index contributed by atoms with van der Waals surface area (Å²) in [7, 11) is -0.599. The molecule has 0 saturated carbocycles. The summed E-state index contributed by atoms with van der Waals surface area (Å²) in [6.07, 6.45) is 0. The number of ether oxygens (including phenoxy) is 1. The molecule has 2 aromatic carbocycles. The fourth-order valence-corrected chi connectivity index (χ4v) is 3.30. The normalized spacial score (nSPS) is 12.3. The van der Waals surface area contributed by atoms with Gasteiger partial charge in [0.25, 0.3) is 15.9 Å². The van der Waals surface area contributed by atoms with E-state index < -0.39 is 10.0 Å². The first-order valence-corrected chi connectivity index (χ1v) is 9.57. The Morgan fingerprint density at radius 2 is 1.88 bits per heavy atom. The Morgan fingerprint density at radius 1 is 1.15 bits per heavy atom. The van der Waals surface area contributed by atoms with Gasteiger partial charge in [-0.25, -0.2) is 8.42 Å². The maximum atomic E-state index is 12.6. The summed E-state index contributed by atoms with van der Waals surface area (Å²) < 4.78 is 32.9. The second-order valence-corrected chi connectivity index (χ2v) is 7.42. The number of rotatable bonds is 8. The first-order chi connectivity index (χ1) is 12.4. The van der Waals surface area contributed by atoms with Gasteiger partial charge in [0.15, 0.2) is 0 Å². The van der Waals surface area contributed by atoms with Gasteiger partial charge in [0.2, 0.25) is 0 Å². The van der Waals surface area contributed by atoms with E-state index in [1.54, 1.807) is 37.4 Å². The van der Waals surface area contributed by atoms with E-state index in [2.05, 4.69) is 15.4 Å². The zero-order valence-electron chi connectivity index (χ0n) is 14.9. The van der Waals surface area contributed by atoms with Crippen LogP contribution in [0.25, 0.3) is 0 Å². The molecule has 1 amide bonds. The number of hydrogen-bond donors (Lipinski definition) is 3. The molecule has 0 fully saturated rings. The van der Waals surface area contributed by atoms with Gasteiger partial charge in [-0.05, 0) is 44.3 Å². The highest BCUT2D eigenvalue weighted by Gasteiger charge is 2.18. The molecule has 3 N–H and O–H groups in total. The van der Waals surface area contributed by atoms with Crippen molar-refractivity contribution in [1.29, 1.82) is 0 Å². The molecule has 0 aliphatic carbocycles. The molecule has 2 rings (SSSR count). The first kappa shape index (κ1) is 19.7. The number of anilines is 1. The van der Waals surface area contributed by atoms with Gasteiger partial charge < -0.3 is 15.4 Å². The number of hydrogen-bond acceptors (Lipinski definition) is 5. The molecule has 0 radical (unpaired) electrons. The van der Waals surface area contributed by atoms with Gasteiger partial charge >= 0.3 is 0 Å². The Labute approximate surface area is 153 Å². The lowest BCUT2D eigenvalue weighted by Crippen LogP contribution is -2.37. The Hall–Kier alpha value is -2.58. The second kappa shape index (κ2) is 8.68. The van der Waals surface area contributed by atoms with Gasteiger partial charge in [0, 0.05) is 18.2 Å². The molecule has 1 unspecified atom stereocenters. The van der Waals surface area contributed by atoms with Crippen LogP contribution in [0.5, 0.6) is 5.75 Å². The van der Waals surface area contributed by atoms with Crippen LogP contribution in [0.1, 0.15) is 17.3 Å². The van der Waals surface area contributed by atoms with Crippen LogP contribution in [0.3, 0.4) is 0 Å². The van der Waals surface area contributed by atoms with Crippen molar-refractivity contribution in [3.05, 3.63) is 54.1 Å². The molecule has 0 aliphatic heterocycles. The monoisotopic (exact) mass is 377 g/mol. The van der Waals surface area contributed by atoms with Crippen LogP contribution >= 0.6 is 0 Å². The number of carbonyl (C=O) groups is 1. The summed E-state index contributed by atoms with van der Waals surface area (Å²) >= 11 is 0. The predicted molar refractivity (Wildman–Crippen MR) is 101 cm³/mol. The number of sulfonamides is 1. The number of likely N-dealkylation sites (N-methyl/N-ethyl adjacent to an activating group) is 1. The van der Waals surface area contributed by atoms with E-state index in [4.69, 9.17) is 4.74 Å². The smallest absolute Gasteiger partial charge is 0.262 e. The van der Waals surface area contributed by atoms with E-state index >= 15 is 0 Å². The zero-order valence-corrected chi connectivity index (χ0v) is 15.8. The van der Waals surface area contributed by atoms with Gasteiger partial charge in [-0.15, -0.1) is 0 Å².